The monoisotopic (exact) mass is 1010 g/mol. The molecule has 0 radical (unpaired) electrons. The molecule has 378 valence electrons. The molecular weight excluding hydrogens is 949 g/mol. The number of hydrogen-bond donors (Lipinski definition) is 3. The van der Waals surface area contributed by atoms with E-state index in [0.29, 0.717) is 0 Å². The third kappa shape index (κ3) is 8.89. The molecule has 6 heteroatoms. The fourth-order valence-corrected chi connectivity index (χ4v) is 12.2. The predicted octanol–water partition coefficient (Wildman–Crippen LogP) is 17.2. The first-order valence-corrected chi connectivity index (χ1v) is 27.2. The SMILES string of the molecule is Cc1cccc(C)c1[N+]1=Cc2ccccc2NC1c1ccc(-c2cc(-c3ccc(C4Nc5ccccc5C=[N+]4c4c(C)cccc4C)cc3)cc(-c3ccc(C4Nc5ccccc5C=[N+]4c4c(C)cccc4C)cc3)c2)cc1. The Morgan fingerprint density at radius 2 is 0.500 bits per heavy atom. The van der Waals surface area contributed by atoms with Gasteiger partial charge in [0.05, 0.1) is 33.8 Å². The van der Waals surface area contributed by atoms with Crippen LogP contribution in [0.4, 0.5) is 34.1 Å². The van der Waals surface area contributed by atoms with Gasteiger partial charge in [-0.3, -0.25) is 0 Å². The Bertz CT molecular complexity index is 3580. The first kappa shape index (κ1) is 48.3. The van der Waals surface area contributed by atoms with Crippen molar-refractivity contribution < 1.29 is 13.7 Å². The summed E-state index contributed by atoms with van der Waals surface area (Å²) in [6.07, 6.45) is 6.61. The lowest BCUT2D eigenvalue weighted by molar-refractivity contribution is -0.481. The van der Waals surface area contributed by atoms with Crippen molar-refractivity contribution in [1.29, 1.82) is 0 Å². The highest BCUT2D eigenvalue weighted by Gasteiger charge is 2.35. The van der Waals surface area contributed by atoms with Crippen molar-refractivity contribution in [1.82, 2.24) is 0 Å². The van der Waals surface area contributed by atoms with Crippen LogP contribution < -0.4 is 16.0 Å². The molecule has 0 saturated heterocycles. The maximum atomic E-state index is 3.91. The van der Waals surface area contributed by atoms with E-state index in [1.165, 1.54) is 83.8 Å². The van der Waals surface area contributed by atoms with E-state index in [-0.39, 0.29) is 18.5 Å². The van der Waals surface area contributed by atoms with Gasteiger partial charge in [0.1, 0.15) is 0 Å². The maximum absolute atomic E-state index is 3.91. The molecule has 6 nitrogen and oxygen atoms in total. The summed E-state index contributed by atoms with van der Waals surface area (Å²) in [5.74, 6) is 0. The molecule has 0 amide bonds. The van der Waals surface area contributed by atoms with Crippen LogP contribution >= 0.6 is 0 Å². The molecular formula is C72H63N6+3. The molecule has 3 unspecified atom stereocenters. The number of fused-ring (bicyclic) bond motifs is 3. The van der Waals surface area contributed by atoms with E-state index in [9.17, 15) is 0 Å². The maximum Gasteiger partial charge on any atom is 0.258 e. The minimum Gasteiger partial charge on any atom is -0.323 e. The van der Waals surface area contributed by atoms with E-state index in [1.807, 2.05) is 0 Å². The summed E-state index contributed by atoms with van der Waals surface area (Å²) >= 11 is 0. The van der Waals surface area contributed by atoms with Crippen LogP contribution in [-0.4, -0.2) is 32.4 Å². The van der Waals surface area contributed by atoms with Crippen LogP contribution in [-0.2, 0) is 0 Å². The zero-order valence-corrected chi connectivity index (χ0v) is 45.1. The van der Waals surface area contributed by atoms with Crippen LogP contribution in [0.3, 0.4) is 0 Å². The fraction of sp³-hybridized carbons (Fsp3) is 0.125. The predicted molar refractivity (Wildman–Crippen MR) is 324 cm³/mol. The van der Waals surface area contributed by atoms with E-state index in [4.69, 9.17) is 0 Å². The normalized spacial score (nSPS) is 16.2. The number of anilines is 3. The lowest BCUT2D eigenvalue weighted by atomic mass is 9.91. The third-order valence-electron chi connectivity index (χ3n) is 16.1. The smallest absolute Gasteiger partial charge is 0.258 e. The van der Waals surface area contributed by atoms with Crippen LogP contribution in [0.1, 0.15) is 85.3 Å². The number of rotatable bonds is 9. The molecule has 0 spiro atoms. The summed E-state index contributed by atoms with van der Waals surface area (Å²) in [6, 6.07) is 80.1. The van der Waals surface area contributed by atoms with Crippen molar-refractivity contribution in [3.8, 4) is 33.4 Å². The summed E-state index contributed by atoms with van der Waals surface area (Å²) in [7, 11) is 0. The van der Waals surface area contributed by atoms with E-state index in [0.717, 1.165) is 50.4 Å². The molecule has 0 aromatic heterocycles. The van der Waals surface area contributed by atoms with Crippen molar-refractivity contribution in [2.75, 3.05) is 16.0 Å². The minimum absolute atomic E-state index is 0.0987. The molecule has 0 saturated carbocycles. The summed E-state index contributed by atoms with van der Waals surface area (Å²) in [5.41, 5.74) is 28.6. The zero-order chi connectivity index (χ0) is 53.0. The average molecular weight is 1010 g/mol. The van der Waals surface area contributed by atoms with Crippen molar-refractivity contribution in [3.05, 3.63) is 285 Å². The first-order chi connectivity index (χ1) is 38.1. The molecule has 3 aliphatic rings. The molecule has 13 rings (SSSR count). The topological polar surface area (TPSA) is 45.1 Å². The van der Waals surface area contributed by atoms with Crippen LogP contribution in [0.2, 0.25) is 0 Å². The van der Waals surface area contributed by atoms with Gasteiger partial charge in [-0.2, -0.15) is 13.7 Å². The average Bonchev–Trinajstić information content (AvgIpc) is 3.53. The van der Waals surface area contributed by atoms with E-state index in [2.05, 4.69) is 308 Å². The van der Waals surface area contributed by atoms with Crippen molar-refractivity contribution in [2.24, 2.45) is 0 Å². The standard InChI is InChI=1S/C72H60N6/c1-46-16-13-17-47(2)67(46)76-43-58-22-7-10-25-64(58)73-70(76)55-34-28-52(29-35-55)61-40-62(53-30-36-56(37-31-53)71-74-65-26-11-8-23-59(65)44-77(71)68-48(3)18-14-19-49(68)4)42-63(41-61)54-32-38-57(39-33-54)72-75-66-27-12-9-24-60(66)45-78(72)69-50(5)20-15-21-51(69)6/h7-45,70-72H,1-6H3/p+3. The van der Waals surface area contributed by atoms with Gasteiger partial charge in [-0.25, -0.2) is 0 Å². The van der Waals surface area contributed by atoms with Crippen molar-refractivity contribution >= 4 is 52.8 Å². The molecule has 10 aromatic rings. The Balaban J connectivity index is 0.891. The molecule has 3 heterocycles. The quantitative estimate of drug-likeness (QED) is 0.126. The number of hydrogen-bond acceptors (Lipinski definition) is 3. The Labute approximate surface area is 458 Å². The second-order valence-corrected chi connectivity index (χ2v) is 21.4. The van der Waals surface area contributed by atoms with Gasteiger partial charge < -0.3 is 16.0 Å². The summed E-state index contributed by atoms with van der Waals surface area (Å²) in [5, 5.41) is 11.7. The Kier molecular flexibility index (Phi) is 12.3. The first-order valence-electron chi connectivity index (χ1n) is 27.2. The van der Waals surface area contributed by atoms with Gasteiger partial charge in [-0.05, 0) is 166 Å². The zero-order valence-electron chi connectivity index (χ0n) is 45.1. The molecule has 3 atom stereocenters. The number of nitrogens with zero attached hydrogens (tertiary/aromatic N) is 3. The van der Waals surface area contributed by atoms with E-state index < -0.39 is 0 Å². The second kappa shape index (κ2) is 20.0. The molecule has 0 aliphatic carbocycles. The second-order valence-electron chi connectivity index (χ2n) is 21.4. The molecule has 78 heavy (non-hydrogen) atoms. The molecule has 0 fully saturated rings. The van der Waals surface area contributed by atoms with Crippen LogP contribution in [0, 0.1) is 41.5 Å². The van der Waals surface area contributed by atoms with E-state index >= 15 is 0 Å². The molecule has 3 aliphatic heterocycles. The summed E-state index contributed by atoms with van der Waals surface area (Å²) in [6.45, 7) is 13.2. The number of para-hydroxylation sites is 6. The van der Waals surface area contributed by atoms with Crippen LogP contribution in [0.5, 0.6) is 0 Å². The van der Waals surface area contributed by atoms with Gasteiger partial charge in [0.2, 0.25) is 17.1 Å². The lowest BCUT2D eigenvalue weighted by Crippen LogP contribution is -2.29. The Morgan fingerprint density at radius 1 is 0.256 bits per heavy atom. The Hall–Kier alpha value is -9.39. The van der Waals surface area contributed by atoms with Gasteiger partial charge in [0, 0.05) is 50.1 Å². The van der Waals surface area contributed by atoms with Gasteiger partial charge in [0.15, 0.2) is 18.6 Å². The highest BCUT2D eigenvalue weighted by atomic mass is 15.2. The number of aryl methyl sites for hydroxylation is 6. The highest BCUT2D eigenvalue weighted by Crippen LogP contribution is 2.41. The van der Waals surface area contributed by atoms with Crippen LogP contribution in [0.15, 0.2) is 218 Å². The molecule has 10 aromatic carbocycles. The van der Waals surface area contributed by atoms with Crippen molar-refractivity contribution in [3.63, 3.8) is 0 Å². The van der Waals surface area contributed by atoms with Gasteiger partial charge in [-0.1, -0.05) is 127 Å². The lowest BCUT2D eigenvalue weighted by Gasteiger charge is -2.25. The number of nitrogens with one attached hydrogen (secondary N) is 3. The minimum atomic E-state index is -0.0987. The number of benzene rings is 10. The van der Waals surface area contributed by atoms with Crippen molar-refractivity contribution in [2.45, 2.75) is 60.0 Å². The third-order valence-corrected chi connectivity index (χ3v) is 16.1. The molecule has 0 bridgehead atoms. The summed E-state index contributed by atoms with van der Waals surface area (Å²) < 4.78 is 7.24. The largest absolute Gasteiger partial charge is 0.323 e. The van der Waals surface area contributed by atoms with E-state index in [1.54, 1.807) is 0 Å². The molecule has 3 N–H and O–H groups in total. The van der Waals surface area contributed by atoms with Crippen LogP contribution in [0.25, 0.3) is 33.4 Å². The van der Waals surface area contributed by atoms with Gasteiger partial charge in [-0.15, -0.1) is 0 Å². The highest BCUT2D eigenvalue weighted by molar-refractivity contribution is 5.89. The van der Waals surface area contributed by atoms with Gasteiger partial charge in [0.25, 0.3) is 18.5 Å². The summed E-state index contributed by atoms with van der Waals surface area (Å²) in [4.78, 5) is 0. The Morgan fingerprint density at radius 3 is 0.756 bits per heavy atom. The van der Waals surface area contributed by atoms with Gasteiger partial charge >= 0.3 is 0 Å². The fourth-order valence-electron chi connectivity index (χ4n) is 12.2.